The summed E-state index contributed by atoms with van der Waals surface area (Å²) in [5, 5.41) is 11.2. The van der Waals surface area contributed by atoms with Gasteiger partial charge in [0, 0.05) is 19.3 Å². The number of rotatable bonds is 8. The summed E-state index contributed by atoms with van der Waals surface area (Å²) in [5.74, 6) is -0.974. The van der Waals surface area contributed by atoms with Gasteiger partial charge in [-0.1, -0.05) is 13.0 Å². The maximum absolute atomic E-state index is 11.9. The average molecular weight is 343 g/mol. The van der Waals surface area contributed by atoms with Crippen LogP contribution < -0.4 is 10.0 Å². The maximum Gasteiger partial charge on any atom is 0.321 e. The van der Waals surface area contributed by atoms with Crippen LogP contribution in [0, 0.1) is 0 Å². The van der Waals surface area contributed by atoms with E-state index < -0.39 is 22.0 Å². The van der Waals surface area contributed by atoms with Gasteiger partial charge in [0.1, 0.15) is 0 Å². The number of anilines is 2. The quantitative estimate of drug-likeness (QED) is 0.665. The topological polar surface area (TPSA) is 116 Å². The van der Waals surface area contributed by atoms with E-state index in [-0.39, 0.29) is 18.7 Å². The number of urea groups is 1. The van der Waals surface area contributed by atoms with Crippen LogP contribution in [0.3, 0.4) is 0 Å². The number of hydrogen-bond donors (Lipinski definition) is 3. The van der Waals surface area contributed by atoms with Crippen molar-refractivity contribution < 1.29 is 23.1 Å². The van der Waals surface area contributed by atoms with Crippen molar-refractivity contribution in [1.29, 1.82) is 0 Å². The van der Waals surface area contributed by atoms with E-state index in [2.05, 4.69) is 10.0 Å². The van der Waals surface area contributed by atoms with E-state index in [1.807, 2.05) is 0 Å². The van der Waals surface area contributed by atoms with Crippen molar-refractivity contribution in [2.24, 2.45) is 0 Å². The Morgan fingerprint density at radius 2 is 1.91 bits per heavy atom. The van der Waals surface area contributed by atoms with Crippen LogP contribution in [0.15, 0.2) is 24.3 Å². The van der Waals surface area contributed by atoms with Crippen LogP contribution in [0.25, 0.3) is 0 Å². The minimum atomic E-state index is -3.40. The largest absolute Gasteiger partial charge is 0.481 e. The van der Waals surface area contributed by atoms with Crippen molar-refractivity contribution >= 4 is 33.4 Å². The van der Waals surface area contributed by atoms with Crippen molar-refractivity contribution in [2.75, 3.05) is 29.4 Å². The number of sulfonamides is 1. The smallest absolute Gasteiger partial charge is 0.321 e. The third kappa shape index (κ3) is 7.00. The molecule has 0 heterocycles. The Morgan fingerprint density at radius 3 is 2.52 bits per heavy atom. The Kier molecular flexibility index (Phi) is 6.83. The van der Waals surface area contributed by atoms with Gasteiger partial charge in [-0.25, -0.2) is 13.2 Å². The fourth-order valence-electron chi connectivity index (χ4n) is 1.74. The summed E-state index contributed by atoms with van der Waals surface area (Å²) in [6, 6.07) is 5.82. The van der Waals surface area contributed by atoms with Gasteiger partial charge >= 0.3 is 12.0 Å². The molecule has 9 heteroatoms. The van der Waals surface area contributed by atoms with Crippen molar-refractivity contribution in [3.63, 3.8) is 0 Å². The van der Waals surface area contributed by atoms with Gasteiger partial charge in [-0.15, -0.1) is 0 Å². The fraction of sp³-hybridized carbons (Fsp3) is 0.429. The van der Waals surface area contributed by atoms with Gasteiger partial charge in [0.15, 0.2) is 0 Å². The molecule has 0 aliphatic heterocycles. The number of amides is 2. The van der Waals surface area contributed by atoms with Crippen molar-refractivity contribution in [3.8, 4) is 0 Å². The molecule has 0 radical (unpaired) electrons. The lowest BCUT2D eigenvalue weighted by atomic mass is 10.3. The number of carboxylic acid groups (broad SMARTS) is 1. The summed E-state index contributed by atoms with van der Waals surface area (Å²) >= 11 is 0. The summed E-state index contributed by atoms with van der Waals surface area (Å²) in [5.41, 5.74) is 0.762. The molecule has 1 aromatic carbocycles. The number of carboxylic acids is 1. The molecule has 0 saturated heterocycles. The molecule has 0 saturated carbocycles. The van der Waals surface area contributed by atoms with E-state index in [0.29, 0.717) is 17.8 Å². The predicted molar refractivity (Wildman–Crippen MR) is 88.0 cm³/mol. The molecule has 1 rings (SSSR count). The number of nitrogens with zero attached hydrogens (tertiary/aromatic N) is 1. The zero-order valence-corrected chi connectivity index (χ0v) is 13.9. The van der Waals surface area contributed by atoms with Gasteiger partial charge in [-0.3, -0.25) is 9.52 Å². The van der Waals surface area contributed by atoms with Crippen LogP contribution in [-0.2, 0) is 14.8 Å². The standard InChI is InChI=1S/C14H21N3O5S/c1-3-9-23(21,22)16-12-6-4-5-11(10-12)15-14(20)17(2)8-7-13(18)19/h4-6,10,16H,3,7-9H2,1-2H3,(H,15,20)(H,18,19). The van der Waals surface area contributed by atoms with Crippen LogP contribution in [0.4, 0.5) is 16.2 Å². The molecular formula is C14H21N3O5S. The lowest BCUT2D eigenvalue weighted by molar-refractivity contribution is -0.137. The van der Waals surface area contributed by atoms with Gasteiger partial charge in [0.2, 0.25) is 10.0 Å². The number of carbonyl (C=O) groups excluding carboxylic acids is 1. The first-order chi connectivity index (χ1) is 10.7. The minimum absolute atomic E-state index is 0.0154. The van der Waals surface area contributed by atoms with Crippen LogP contribution >= 0.6 is 0 Å². The first kappa shape index (κ1) is 18.8. The lowest BCUT2D eigenvalue weighted by Crippen LogP contribution is -2.33. The SMILES string of the molecule is CCCS(=O)(=O)Nc1cccc(NC(=O)N(C)CCC(=O)O)c1. The summed E-state index contributed by atoms with van der Waals surface area (Å²) in [6.07, 6.45) is 0.348. The Labute approximate surface area is 135 Å². The number of hydrogen-bond acceptors (Lipinski definition) is 4. The molecule has 0 atom stereocenters. The predicted octanol–water partition coefficient (Wildman–Crippen LogP) is 1.78. The monoisotopic (exact) mass is 343 g/mol. The Bertz CT molecular complexity index is 660. The van der Waals surface area contributed by atoms with E-state index in [0.717, 1.165) is 0 Å². The normalized spacial score (nSPS) is 10.9. The highest BCUT2D eigenvalue weighted by molar-refractivity contribution is 7.92. The molecule has 23 heavy (non-hydrogen) atoms. The number of nitrogens with one attached hydrogen (secondary N) is 2. The molecule has 128 valence electrons. The molecule has 0 aliphatic rings. The first-order valence-electron chi connectivity index (χ1n) is 7.08. The number of carbonyl (C=O) groups is 2. The van der Waals surface area contributed by atoms with Crippen LogP contribution in [0.5, 0.6) is 0 Å². The van der Waals surface area contributed by atoms with E-state index in [1.54, 1.807) is 25.1 Å². The van der Waals surface area contributed by atoms with Gasteiger partial charge in [-0.2, -0.15) is 0 Å². The molecule has 0 unspecified atom stereocenters. The lowest BCUT2D eigenvalue weighted by Gasteiger charge is -2.17. The molecule has 0 aromatic heterocycles. The summed E-state index contributed by atoms with van der Waals surface area (Å²) in [7, 11) is -1.92. The molecule has 1 aromatic rings. The van der Waals surface area contributed by atoms with E-state index >= 15 is 0 Å². The van der Waals surface area contributed by atoms with Crippen molar-refractivity contribution in [3.05, 3.63) is 24.3 Å². The first-order valence-corrected chi connectivity index (χ1v) is 8.73. The molecule has 0 fully saturated rings. The van der Waals surface area contributed by atoms with E-state index in [1.165, 1.54) is 18.0 Å². The zero-order valence-electron chi connectivity index (χ0n) is 13.1. The van der Waals surface area contributed by atoms with Crippen LogP contribution in [0.2, 0.25) is 0 Å². The number of aliphatic carboxylic acids is 1. The maximum atomic E-state index is 11.9. The second kappa shape index (κ2) is 8.37. The van der Waals surface area contributed by atoms with Gasteiger partial charge in [0.05, 0.1) is 17.9 Å². The van der Waals surface area contributed by atoms with Crippen molar-refractivity contribution in [1.82, 2.24) is 4.90 Å². The molecule has 0 aliphatic carbocycles. The molecule has 2 amide bonds. The highest BCUT2D eigenvalue weighted by atomic mass is 32.2. The van der Waals surface area contributed by atoms with E-state index in [9.17, 15) is 18.0 Å². The summed E-state index contributed by atoms with van der Waals surface area (Å²) < 4.78 is 25.9. The molecule has 0 spiro atoms. The number of benzene rings is 1. The fourth-order valence-corrected chi connectivity index (χ4v) is 2.87. The van der Waals surface area contributed by atoms with Crippen LogP contribution in [-0.4, -0.2) is 49.8 Å². The van der Waals surface area contributed by atoms with E-state index in [4.69, 9.17) is 5.11 Å². The second-order valence-electron chi connectivity index (χ2n) is 5.00. The Hall–Kier alpha value is -2.29. The van der Waals surface area contributed by atoms with Crippen LogP contribution in [0.1, 0.15) is 19.8 Å². The van der Waals surface area contributed by atoms with Gasteiger partial charge < -0.3 is 15.3 Å². The summed E-state index contributed by atoms with van der Waals surface area (Å²) in [4.78, 5) is 23.6. The highest BCUT2D eigenvalue weighted by Crippen LogP contribution is 2.17. The molecule has 0 bridgehead atoms. The average Bonchev–Trinajstić information content (AvgIpc) is 2.44. The third-order valence-electron chi connectivity index (χ3n) is 2.87. The zero-order chi connectivity index (χ0) is 17.5. The van der Waals surface area contributed by atoms with Gasteiger partial charge in [0.25, 0.3) is 0 Å². The minimum Gasteiger partial charge on any atom is -0.481 e. The molecular weight excluding hydrogens is 322 g/mol. The molecule has 3 N–H and O–H groups in total. The highest BCUT2D eigenvalue weighted by Gasteiger charge is 2.12. The van der Waals surface area contributed by atoms with Gasteiger partial charge in [-0.05, 0) is 24.6 Å². The summed E-state index contributed by atoms with van der Waals surface area (Å²) in [6.45, 7) is 1.84. The Morgan fingerprint density at radius 1 is 1.26 bits per heavy atom. The third-order valence-corrected chi connectivity index (χ3v) is 4.36. The van der Waals surface area contributed by atoms with Crippen molar-refractivity contribution in [2.45, 2.75) is 19.8 Å². The Balaban J connectivity index is 2.70. The molecule has 8 nitrogen and oxygen atoms in total. The second-order valence-corrected chi connectivity index (χ2v) is 6.84.